The molecule has 1 atom stereocenters. The Bertz CT molecular complexity index is 391. The Labute approximate surface area is 138 Å². The van der Waals surface area contributed by atoms with E-state index in [1.807, 2.05) is 6.92 Å². The number of carbonyl (C=O) groups excluding carboxylic acids is 2. The Kier molecular flexibility index (Phi) is 7.11. The first kappa shape index (κ1) is 18.0. The molecule has 0 unspecified atom stereocenters. The molecule has 2 aliphatic rings. The van der Waals surface area contributed by atoms with Crippen LogP contribution in [0.3, 0.4) is 0 Å². The molecule has 3 amide bonds. The van der Waals surface area contributed by atoms with E-state index in [-0.39, 0.29) is 18.0 Å². The van der Waals surface area contributed by atoms with Gasteiger partial charge in [-0.25, -0.2) is 4.79 Å². The summed E-state index contributed by atoms with van der Waals surface area (Å²) in [4.78, 5) is 28.3. The number of nitrogens with zero attached hydrogens (tertiary/aromatic N) is 2. The number of nitrogens with one attached hydrogen (secondary N) is 2. The third-order valence-corrected chi connectivity index (χ3v) is 4.81. The Hall–Kier alpha value is -1.34. The Balaban J connectivity index is 1.70. The zero-order valence-corrected chi connectivity index (χ0v) is 14.3. The molecule has 7 heteroatoms. The molecule has 7 nitrogen and oxygen atoms in total. The van der Waals surface area contributed by atoms with Gasteiger partial charge in [-0.3, -0.25) is 9.69 Å². The van der Waals surface area contributed by atoms with Crippen molar-refractivity contribution in [2.45, 2.75) is 44.7 Å². The number of hydrogen-bond donors (Lipinski definition) is 2. The fourth-order valence-electron chi connectivity index (χ4n) is 3.24. The molecule has 1 saturated heterocycles. The molecule has 0 bridgehead atoms. The monoisotopic (exact) mass is 326 g/mol. The van der Waals surface area contributed by atoms with Crippen LogP contribution < -0.4 is 10.6 Å². The summed E-state index contributed by atoms with van der Waals surface area (Å²) in [5.74, 6) is 0.120. The Morgan fingerprint density at radius 1 is 1.17 bits per heavy atom. The third kappa shape index (κ3) is 5.35. The van der Waals surface area contributed by atoms with Gasteiger partial charge >= 0.3 is 6.03 Å². The van der Waals surface area contributed by atoms with Crippen molar-refractivity contribution in [3.05, 3.63) is 0 Å². The smallest absolute Gasteiger partial charge is 0.317 e. The van der Waals surface area contributed by atoms with Crippen LogP contribution in [0.1, 0.15) is 32.6 Å². The van der Waals surface area contributed by atoms with E-state index in [0.29, 0.717) is 32.3 Å². The molecule has 1 heterocycles. The number of urea groups is 1. The zero-order chi connectivity index (χ0) is 16.7. The highest BCUT2D eigenvalue weighted by Crippen LogP contribution is 2.18. The van der Waals surface area contributed by atoms with Gasteiger partial charge in [-0.15, -0.1) is 0 Å². The van der Waals surface area contributed by atoms with E-state index in [0.717, 1.165) is 25.9 Å². The van der Waals surface area contributed by atoms with Gasteiger partial charge in [0.2, 0.25) is 5.91 Å². The molecular weight excluding hydrogens is 296 g/mol. The summed E-state index contributed by atoms with van der Waals surface area (Å²) in [5.41, 5.74) is 0. The maximum atomic E-state index is 12.3. The molecule has 1 saturated carbocycles. The molecule has 23 heavy (non-hydrogen) atoms. The van der Waals surface area contributed by atoms with Crippen molar-refractivity contribution in [1.82, 2.24) is 20.4 Å². The van der Waals surface area contributed by atoms with Crippen LogP contribution in [0.5, 0.6) is 0 Å². The largest absolute Gasteiger partial charge is 0.383 e. The number of carbonyl (C=O) groups is 2. The van der Waals surface area contributed by atoms with Crippen molar-refractivity contribution in [2.24, 2.45) is 0 Å². The summed E-state index contributed by atoms with van der Waals surface area (Å²) < 4.78 is 4.92. The average molecular weight is 326 g/mol. The maximum absolute atomic E-state index is 12.3. The zero-order valence-electron chi connectivity index (χ0n) is 14.3. The second-order valence-electron chi connectivity index (χ2n) is 6.41. The van der Waals surface area contributed by atoms with Crippen molar-refractivity contribution in [3.63, 3.8) is 0 Å². The van der Waals surface area contributed by atoms with Crippen LogP contribution in [0.15, 0.2) is 0 Å². The van der Waals surface area contributed by atoms with Crippen molar-refractivity contribution in [3.8, 4) is 0 Å². The van der Waals surface area contributed by atoms with Gasteiger partial charge in [-0.1, -0.05) is 12.8 Å². The Morgan fingerprint density at radius 3 is 2.43 bits per heavy atom. The topological polar surface area (TPSA) is 73.9 Å². The van der Waals surface area contributed by atoms with Crippen LogP contribution in [0.25, 0.3) is 0 Å². The van der Waals surface area contributed by atoms with E-state index in [1.54, 1.807) is 12.0 Å². The van der Waals surface area contributed by atoms with Gasteiger partial charge in [0.05, 0.1) is 12.6 Å². The molecule has 0 aromatic carbocycles. The van der Waals surface area contributed by atoms with E-state index in [2.05, 4.69) is 15.5 Å². The standard InChI is InChI=1S/C16H30N4O3/c1-13(15(21)18-14-5-3-4-6-14)19-8-10-20(11-9-19)16(22)17-7-12-23-2/h13-14H,3-12H2,1-2H3,(H,17,22)(H,18,21)/t13-/m0/s1. The van der Waals surface area contributed by atoms with Crippen LogP contribution in [0.2, 0.25) is 0 Å². The quantitative estimate of drug-likeness (QED) is 0.693. The molecule has 1 aliphatic carbocycles. The summed E-state index contributed by atoms with van der Waals surface area (Å²) in [7, 11) is 1.61. The second-order valence-corrected chi connectivity index (χ2v) is 6.41. The van der Waals surface area contributed by atoms with Gasteiger partial charge in [-0.2, -0.15) is 0 Å². The SMILES string of the molecule is COCCNC(=O)N1CCN([C@@H](C)C(=O)NC2CCCC2)CC1. The number of amides is 3. The lowest BCUT2D eigenvalue weighted by molar-refractivity contribution is -0.127. The molecule has 132 valence electrons. The predicted molar refractivity (Wildman–Crippen MR) is 88.3 cm³/mol. The molecule has 0 aromatic rings. The molecule has 2 fully saturated rings. The third-order valence-electron chi connectivity index (χ3n) is 4.81. The van der Waals surface area contributed by atoms with Crippen LogP contribution in [0.4, 0.5) is 4.79 Å². The minimum absolute atomic E-state index is 0.0511. The molecule has 1 aliphatic heterocycles. The van der Waals surface area contributed by atoms with Crippen LogP contribution in [-0.4, -0.2) is 80.3 Å². The lowest BCUT2D eigenvalue weighted by Crippen LogP contribution is -2.57. The average Bonchev–Trinajstić information content (AvgIpc) is 3.07. The van der Waals surface area contributed by atoms with Crippen LogP contribution in [-0.2, 0) is 9.53 Å². The summed E-state index contributed by atoms with van der Waals surface area (Å²) in [6, 6.07) is 0.178. The molecule has 0 aromatic heterocycles. The minimum atomic E-state index is -0.130. The summed E-state index contributed by atoms with van der Waals surface area (Å²) >= 11 is 0. The fourth-order valence-corrected chi connectivity index (χ4v) is 3.24. The van der Waals surface area contributed by atoms with E-state index in [4.69, 9.17) is 4.74 Å². The van der Waals surface area contributed by atoms with Crippen molar-refractivity contribution >= 4 is 11.9 Å². The minimum Gasteiger partial charge on any atom is -0.383 e. The number of hydrogen-bond acceptors (Lipinski definition) is 4. The number of ether oxygens (including phenoxy) is 1. The van der Waals surface area contributed by atoms with E-state index in [1.165, 1.54) is 12.8 Å². The normalized spacial score (nSPS) is 21.2. The van der Waals surface area contributed by atoms with E-state index >= 15 is 0 Å². The molecule has 0 radical (unpaired) electrons. The lowest BCUT2D eigenvalue weighted by Gasteiger charge is -2.37. The van der Waals surface area contributed by atoms with Crippen molar-refractivity contribution < 1.29 is 14.3 Å². The first-order chi connectivity index (χ1) is 11.1. The number of rotatable bonds is 6. The van der Waals surface area contributed by atoms with Gasteiger partial charge in [0.15, 0.2) is 0 Å². The molecular formula is C16H30N4O3. The summed E-state index contributed by atoms with van der Waals surface area (Å²) in [6.45, 7) is 5.77. The van der Waals surface area contributed by atoms with Gasteiger partial charge in [0.25, 0.3) is 0 Å². The first-order valence-electron chi connectivity index (χ1n) is 8.68. The van der Waals surface area contributed by atoms with Crippen molar-refractivity contribution in [1.29, 1.82) is 0 Å². The number of methoxy groups -OCH3 is 1. The molecule has 2 N–H and O–H groups in total. The summed E-state index contributed by atoms with van der Waals surface area (Å²) in [6.07, 6.45) is 4.65. The lowest BCUT2D eigenvalue weighted by atomic mass is 10.2. The van der Waals surface area contributed by atoms with Gasteiger partial charge < -0.3 is 20.3 Å². The van der Waals surface area contributed by atoms with Crippen molar-refractivity contribution in [2.75, 3.05) is 46.4 Å². The highest BCUT2D eigenvalue weighted by atomic mass is 16.5. The van der Waals surface area contributed by atoms with Gasteiger partial charge in [0.1, 0.15) is 0 Å². The predicted octanol–water partition coefficient (Wildman–Crippen LogP) is 0.407. The molecule has 0 spiro atoms. The van der Waals surface area contributed by atoms with Gasteiger partial charge in [0, 0.05) is 45.9 Å². The van der Waals surface area contributed by atoms with Gasteiger partial charge in [-0.05, 0) is 19.8 Å². The first-order valence-corrected chi connectivity index (χ1v) is 8.68. The van der Waals surface area contributed by atoms with E-state index < -0.39 is 0 Å². The Morgan fingerprint density at radius 2 is 1.83 bits per heavy atom. The van der Waals surface area contributed by atoms with E-state index in [9.17, 15) is 9.59 Å². The second kappa shape index (κ2) is 9.08. The highest BCUT2D eigenvalue weighted by molar-refractivity contribution is 5.81. The van der Waals surface area contributed by atoms with Crippen LogP contribution >= 0.6 is 0 Å². The fraction of sp³-hybridized carbons (Fsp3) is 0.875. The number of piperazine rings is 1. The van der Waals surface area contributed by atoms with Crippen LogP contribution in [0, 0.1) is 0 Å². The maximum Gasteiger partial charge on any atom is 0.317 e. The molecule has 2 rings (SSSR count). The highest BCUT2D eigenvalue weighted by Gasteiger charge is 2.28. The summed E-state index contributed by atoms with van der Waals surface area (Å²) in [5, 5.41) is 5.99.